The fourth-order valence-electron chi connectivity index (χ4n) is 6.64. The van der Waals surface area contributed by atoms with E-state index in [1.165, 1.54) is 11.3 Å². The highest BCUT2D eigenvalue weighted by Crippen LogP contribution is 2.23. The van der Waals surface area contributed by atoms with E-state index in [0.29, 0.717) is 31.4 Å². The Morgan fingerprint density at radius 1 is 1.04 bits per heavy atom. The van der Waals surface area contributed by atoms with Gasteiger partial charge in [-0.05, 0) is 69.0 Å². The third-order valence-electron chi connectivity index (χ3n) is 9.43. The smallest absolute Gasteiger partial charge is 0.306 e. The molecule has 3 N–H and O–H groups in total. The summed E-state index contributed by atoms with van der Waals surface area (Å²) in [6, 6.07) is 8.45. The van der Waals surface area contributed by atoms with E-state index in [1.54, 1.807) is 17.2 Å². The second-order valence-electron chi connectivity index (χ2n) is 14.0. The van der Waals surface area contributed by atoms with Gasteiger partial charge in [0.05, 0.1) is 17.0 Å². The maximum absolute atomic E-state index is 13.9. The van der Waals surface area contributed by atoms with E-state index in [1.807, 2.05) is 51.2 Å². The van der Waals surface area contributed by atoms with Crippen molar-refractivity contribution in [1.29, 1.82) is 0 Å². The van der Waals surface area contributed by atoms with Crippen LogP contribution in [-0.4, -0.2) is 87.9 Å². The molecule has 1 fully saturated rings. The van der Waals surface area contributed by atoms with Gasteiger partial charge in [0.1, 0.15) is 11.7 Å². The van der Waals surface area contributed by atoms with Crippen molar-refractivity contribution < 1.29 is 24.3 Å². The summed E-state index contributed by atoms with van der Waals surface area (Å²) in [6.45, 7) is 13.7. The Bertz CT molecular complexity index is 1330. The lowest BCUT2D eigenvalue weighted by molar-refractivity contribution is -0.141. The number of carbonyl (C=O) groups is 4. The molecule has 0 aliphatic carbocycles. The van der Waals surface area contributed by atoms with E-state index in [2.05, 4.69) is 41.3 Å². The Kier molecular flexibility index (Phi) is 15.5. The Labute approximate surface area is 291 Å². The molecule has 2 aromatic rings. The van der Waals surface area contributed by atoms with E-state index in [9.17, 15) is 24.3 Å². The number of carboxylic acid groups (broad SMARTS) is 1. The predicted octanol–water partition coefficient (Wildman–Crippen LogP) is 5.42. The molecule has 2 heterocycles. The highest BCUT2D eigenvalue weighted by Gasteiger charge is 2.35. The number of likely N-dealkylation sites (tertiary alicyclic amines) is 1. The number of aliphatic carboxylic acids is 1. The van der Waals surface area contributed by atoms with Crippen molar-refractivity contribution in [2.45, 2.75) is 117 Å². The maximum Gasteiger partial charge on any atom is 0.306 e. The van der Waals surface area contributed by atoms with Crippen LogP contribution in [0.2, 0.25) is 0 Å². The van der Waals surface area contributed by atoms with E-state index in [4.69, 9.17) is 0 Å². The molecule has 48 heavy (non-hydrogen) atoms. The zero-order chi connectivity index (χ0) is 35.4. The van der Waals surface area contributed by atoms with Crippen LogP contribution in [-0.2, 0) is 27.2 Å². The van der Waals surface area contributed by atoms with Gasteiger partial charge in [0.15, 0.2) is 0 Å². The molecule has 5 atom stereocenters. The van der Waals surface area contributed by atoms with Crippen LogP contribution in [0.5, 0.6) is 0 Å². The van der Waals surface area contributed by atoms with Crippen molar-refractivity contribution in [3.8, 4) is 0 Å². The number of piperidine rings is 1. The molecule has 0 spiro atoms. The van der Waals surface area contributed by atoms with Gasteiger partial charge in [-0.15, -0.1) is 11.3 Å². The molecule has 0 saturated carbocycles. The van der Waals surface area contributed by atoms with Crippen LogP contribution in [0.25, 0.3) is 0 Å². The van der Waals surface area contributed by atoms with Gasteiger partial charge in [0.2, 0.25) is 11.8 Å². The number of carbonyl (C=O) groups excluding carboxylic acids is 3. The normalized spacial score (nSPS) is 17.8. The van der Waals surface area contributed by atoms with Gasteiger partial charge in [0, 0.05) is 30.9 Å². The van der Waals surface area contributed by atoms with E-state index < -0.39 is 17.9 Å². The minimum absolute atomic E-state index is 0.0540. The van der Waals surface area contributed by atoms with Crippen molar-refractivity contribution in [3.05, 3.63) is 52.0 Å². The van der Waals surface area contributed by atoms with Crippen LogP contribution in [0.3, 0.4) is 0 Å². The molecule has 1 aromatic carbocycles. The number of benzene rings is 1. The monoisotopic (exact) mass is 683 g/mol. The maximum atomic E-state index is 13.9. The first-order valence-corrected chi connectivity index (χ1v) is 18.5. The summed E-state index contributed by atoms with van der Waals surface area (Å²) in [7, 11) is 1.82. The van der Waals surface area contributed by atoms with E-state index in [-0.39, 0.29) is 47.7 Å². The van der Waals surface area contributed by atoms with Crippen molar-refractivity contribution in [2.24, 2.45) is 17.8 Å². The average molecular weight is 684 g/mol. The summed E-state index contributed by atoms with van der Waals surface area (Å²) in [5.41, 5.74) is 1.33. The van der Waals surface area contributed by atoms with Crippen LogP contribution < -0.4 is 10.6 Å². The summed E-state index contributed by atoms with van der Waals surface area (Å²) >= 11 is 1.41. The first kappa shape index (κ1) is 39.1. The van der Waals surface area contributed by atoms with Gasteiger partial charge in [-0.1, -0.05) is 78.3 Å². The Hall–Kier alpha value is -3.31. The molecule has 1 aliphatic heterocycles. The van der Waals surface area contributed by atoms with Crippen molar-refractivity contribution >= 4 is 35.0 Å². The first-order chi connectivity index (χ1) is 22.8. The van der Waals surface area contributed by atoms with Crippen LogP contribution >= 0.6 is 11.3 Å². The lowest BCUT2D eigenvalue weighted by Crippen LogP contribution is -2.58. The summed E-state index contributed by atoms with van der Waals surface area (Å²) < 4.78 is 0. The van der Waals surface area contributed by atoms with Crippen LogP contribution in [0, 0.1) is 17.8 Å². The molecule has 1 aromatic heterocycles. The second-order valence-corrected chi connectivity index (χ2v) is 15.0. The Morgan fingerprint density at radius 3 is 2.38 bits per heavy atom. The molecule has 3 rings (SSSR count). The predicted molar refractivity (Wildman–Crippen MR) is 191 cm³/mol. The Balaban J connectivity index is 1.64. The standard InChI is InChI=1S/C37H57N5O5S/c1-8-19-42-20-13-12-16-31(42)35(44)40-33(25(4)5)36(45)41(7)30(24(2)3)17-18-32-39-29(23-48-32)34(43)38-28(21-26(6)37(46)47)22-27-14-10-9-11-15-27/h9-11,14-15,23-26,28,30-31,33H,8,12-13,16-22H2,1-7H3,(H,38,43)(H,40,44)(H,46,47)/t26-,28+,30+,31+,33-/m0/s1. The fourth-order valence-corrected chi connectivity index (χ4v) is 7.44. The SMILES string of the molecule is CCCN1CCCC[C@@H]1C(=O)N[C@H](C(=O)N(C)[C@H](CCc1nc(C(=O)N[C@@H](Cc2ccccc2)C[C@H](C)C(=O)O)cs1)C(C)C)C(C)C. The Morgan fingerprint density at radius 2 is 1.75 bits per heavy atom. The quantitative estimate of drug-likeness (QED) is 0.191. The lowest BCUT2D eigenvalue weighted by atomic mass is 9.94. The topological polar surface area (TPSA) is 132 Å². The van der Waals surface area contributed by atoms with Gasteiger partial charge in [0.25, 0.3) is 5.91 Å². The number of aryl methyl sites for hydroxylation is 1. The van der Waals surface area contributed by atoms with Gasteiger partial charge in [-0.2, -0.15) is 0 Å². The largest absolute Gasteiger partial charge is 0.481 e. The third-order valence-corrected chi connectivity index (χ3v) is 10.3. The molecule has 0 radical (unpaired) electrons. The molecule has 1 saturated heterocycles. The van der Waals surface area contributed by atoms with Gasteiger partial charge < -0.3 is 20.6 Å². The van der Waals surface area contributed by atoms with Crippen molar-refractivity contribution in [1.82, 2.24) is 25.4 Å². The highest BCUT2D eigenvalue weighted by atomic mass is 32.1. The molecule has 0 unspecified atom stereocenters. The van der Waals surface area contributed by atoms with Crippen molar-refractivity contribution in [3.63, 3.8) is 0 Å². The number of hydrogen-bond donors (Lipinski definition) is 3. The van der Waals surface area contributed by atoms with Crippen molar-refractivity contribution in [2.75, 3.05) is 20.1 Å². The van der Waals surface area contributed by atoms with Gasteiger partial charge in [-0.25, -0.2) is 4.98 Å². The van der Waals surface area contributed by atoms with E-state index >= 15 is 0 Å². The number of aromatic nitrogens is 1. The first-order valence-electron chi connectivity index (χ1n) is 17.6. The molecule has 11 heteroatoms. The fraction of sp³-hybridized carbons (Fsp3) is 0.649. The van der Waals surface area contributed by atoms with Gasteiger partial charge >= 0.3 is 5.97 Å². The number of likely N-dealkylation sites (N-methyl/N-ethyl adjacent to an activating group) is 1. The zero-order valence-electron chi connectivity index (χ0n) is 29.9. The minimum atomic E-state index is -0.897. The molecule has 266 valence electrons. The van der Waals surface area contributed by atoms with Crippen LogP contribution in [0.1, 0.15) is 101 Å². The molecular formula is C37H57N5O5S. The number of carboxylic acids is 1. The third kappa shape index (κ3) is 11.4. The van der Waals surface area contributed by atoms with Gasteiger partial charge in [-0.3, -0.25) is 24.1 Å². The minimum Gasteiger partial charge on any atom is -0.481 e. The van der Waals surface area contributed by atoms with Crippen LogP contribution in [0.4, 0.5) is 0 Å². The van der Waals surface area contributed by atoms with Crippen LogP contribution in [0.15, 0.2) is 35.7 Å². The summed E-state index contributed by atoms with van der Waals surface area (Å²) in [5.74, 6) is -1.87. The van der Waals surface area contributed by atoms with E-state index in [0.717, 1.165) is 49.3 Å². The summed E-state index contributed by atoms with van der Waals surface area (Å²) in [4.78, 5) is 60.8. The number of hydrogen-bond acceptors (Lipinski definition) is 7. The molecule has 1 aliphatic rings. The number of amides is 3. The molecular weight excluding hydrogens is 627 g/mol. The second kappa shape index (κ2) is 19.0. The molecule has 10 nitrogen and oxygen atoms in total. The lowest BCUT2D eigenvalue weighted by Gasteiger charge is -2.38. The summed E-state index contributed by atoms with van der Waals surface area (Å²) in [6.07, 6.45) is 6.00. The number of rotatable bonds is 18. The molecule has 0 bridgehead atoms. The highest BCUT2D eigenvalue weighted by molar-refractivity contribution is 7.09. The number of nitrogens with zero attached hydrogens (tertiary/aromatic N) is 3. The molecule has 3 amide bonds. The summed E-state index contributed by atoms with van der Waals surface area (Å²) in [5, 5.41) is 18.2. The number of thiazole rings is 1. The average Bonchev–Trinajstić information content (AvgIpc) is 3.53. The zero-order valence-corrected chi connectivity index (χ0v) is 30.7. The number of nitrogens with one attached hydrogen (secondary N) is 2.